The van der Waals surface area contributed by atoms with Crippen molar-refractivity contribution < 1.29 is 22.7 Å². The van der Waals surface area contributed by atoms with Crippen LogP contribution >= 0.6 is 34.7 Å². The van der Waals surface area contributed by atoms with Crippen molar-refractivity contribution in [3.8, 4) is 5.75 Å². The summed E-state index contributed by atoms with van der Waals surface area (Å²) in [6.07, 6.45) is 1.31. The van der Waals surface area contributed by atoms with E-state index in [-0.39, 0.29) is 28.2 Å². The molecule has 12 heteroatoms. The molecule has 0 radical (unpaired) electrons. The quantitative estimate of drug-likeness (QED) is 0.556. The second-order valence-corrected chi connectivity index (χ2v) is 10.9. The molecule has 0 aliphatic carbocycles. The SMILES string of the molecule is C=CCN1C(=O)C(CC(=O)Nc2ccc(OC)cc2)S/C1=N/S(=O)(=O)c1ccc(Cl)s1. The van der Waals surface area contributed by atoms with Gasteiger partial charge in [-0.2, -0.15) is 8.42 Å². The maximum Gasteiger partial charge on any atom is 0.294 e. The first kappa shape index (κ1) is 23.3. The maximum absolute atomic E-state index is 12.8. The topological polar surface area (TPSA) is 105 Å². The summed E-state index contributed by atoms with van der Waals surface area (Å²) in [4.78, 5) is 26.4. The Hall–Kier alpha value is -2.34. The lowest BCUT2D eigenvalue weighted by molar-refractivity contribution is -0.127. The van der Waals surface area contributed by atoms with Crippen LogP contribution in [0.1, 0.15) is 6.42 Å². The van der Waals surface area contributed by atoms with Gasteiger partial charge in [-0.05, 0) is 36.4 Å². The maximum atomic E-state index is 12.8. The Bertz CT molecular complexity index is 1130. The van der Waals surface area contributed by atoms with E-state index in [1.54, 1.807) is 24.3 Å². The molecule has 0 bridgehead atoms. The van der Waals surface area contributed by atoms with Crippen LogP contribution < -0.4 is 10.1 Å². The number of hydrogen-bond acceptors (Lipinski definition) is 7. The van der Waals surface area contributed by atoms with E-state index in [4.69, 9.17) is 16.3 Å². The largest absolute Gasteiger partial charge is 0.497 e. The van der Waals surface area contributed by atoms with Crippen molar-refractivity contribution in [2.45, 2.75) is 15.9 Å². The molecule has 31 heavy (non-hydrogen) atoms. The number of methoxy groups -OCH3 is 1. The number of thiophene rings is 1. The molecule has 0 spiro atoms. The summed E-state index contributed by atoms with van der Waals surface area (Å²) in [5.41, 5.74) is 0.551. The van der Waals surface area contributed by atoms with Crippen molar-refractivity contribution >= 4 is 67.4 Å². The average Bonchev–Trinajstić information content (AvgIpc) is 3.28. The third-order valence-corrected chi connectivity index (χ3v) is 8.33. The molecule has 1 aliphatic heterocycles. The first-order valence-electron chi connectivity index (χ1n) is 8.86. The Kier molecular flexibility index (Phi) is 7.42. The van der Waals surface area contributed by atoms with Gasteiger partial charge in [0.15, 0.2) is 5.17 Å². The van der Waals surface area contributed by atoms with Gasteiger partial charge in [-0.25, -0.2) is 0 Å². The van der Waals surface area contributed by atoms with E-state index >= 15 is 0 Å². The molecule has 1 saturated heterocycles. The zero-order chi connectivity index (χ0) is 22.6. The van der Waals surface area contributed by atoms with E-state index in [9.17, 15) is 18.0 Å². The number of benzene rings is 1. The first-order valence-corrected chi connectivity index (χ1v) is 12.4. The molecule has 1 unspecified atom stereocenters. The van der Waals surface area contributed by atoms with Crippen LogP contribution in [-0.2, 0) is 19.6 Å². The number of hydrogen-bond donors (Lipinski definition) is 1. The normalized spacial score (nSPS) is 17.7. The zero-order valence-corrected chi connectivity index (χ0v) is 19.5. The van der Waals surface area contributed by atoms with E-state index in [2.05, 4.69) is 16.3 Å². The van der Waals surface area contributed by atoms with Crippen molar-refractivity contribution in [3.63, 3.8) is 0 Å². The molecular weight excluding hydrogens is 482 g/mol. The van der Waals surface area contributed by atoms with Gasteiger partial charge in [0.2, 0.25) is 11.8 Å². The fraction of sp³-hybridized carbons (Fsp3) is 0.211. The van der Waals surface area contributed by atoms with Crippen molar-refractivity contribution in [3.05, 3.63) is 53.4 Å². The number of halogens is 1. The van der Waals surface area contributed by atoms with Gasteiger partial charge in [-0.15, -0.1) is 22.3 Å². The lowest BCUT2D eigenvalue weighted by atomic mass is 10.2. The number of nitrogens with one attached hydrogen (secondary N) is 1. The third-order valence-electron chi connectivity index (χ3n) is 4.08. The molecule has 2 amide bonds. The number of thioether (sulfide) groups is 1. The minimum atomic E-state index is -4.04. The molecule has 2 heterocycles. The van der Waals surface area contributed by atoms with Crippen molar-refractivity contribution in [2.24, 2.45) is 4.40 Å². The molecule has 1 aromatic carbocycles. The number of ether oxygens (including phenoxy) is 1. The summed E-state index contributed by atoms with van der Waals surface area (Å²) in [6.45, 7) is 3.67. The standard InChI is InChI=1S/C19H18ClN3O5S3/c1-3-10-23-18(25)14(11-16(24)21-12-4-6-13(28-2)7-5-12)29-19(23)22-31(26,27)17-9-8-15(20)30-17/h3-9,14H,1,10-11H2,2H3,(H,21,24)/b22-19+. The van der Waals surface area contributed by atoms with Gasteiger partial charge in [-0.1, -0.05) is 29.4 Å². The van der Waals surface area contributed by atoms with Crippen LogP contribution in [0.4, 0.5) is 5.69 Å². The lowest BCUT2D eigenvalue weighted by Gasteiger charge is -2.13. The van der Waals surface area contributed by atoms with Gasteiger partial charge in [-0.3, -0.25) is 14.5 Å². The van der Waals surface area contributed by atoms with Crippen LogP contribution in [0.3, 0.4) is 0 Å². The number of anilines is 1. The molecule has 164 valence electrons. The third kappa shape index (κ3) is 5.67. The van der Waals surface area contributed by atoms with E-state index < -0.39 is 21.2 Å². The molecule has 1 aromatic heterocycles. The monoisotopic (exact) mass is 499 g/mol. The summed E-state index contributed by atoms with van der Waals surface area (Å²) in [5, 5.41) is 1.90. The molecule has 1 aliphatic rings. The van der Waals surface area contributed by atoms with Gasteiger partial charge in [0, 0.05) is 18.7 Å². The van der Waals surface area contributed by atoms with Gasteiger partial charge < -0.3 is 10.1 Å². The minimum absolute atomic E-state index is 0.00308. The molecular formula is C19H18ClN3O5S3. The van der Waals surface area contributed by atoms with Crippen LogP contribution in [0.15, 0.2) is 57.7 Å². The predicted octanol–water partition coefficient (Wildman–Crippen LogP) is 3.61. The second kappa shape index (κ2) is 9.86. The van der Waals surface area contributed by atoms with Crippen LogP contribution in [0.25, 0.3) is 0 Å². The second-order valence-electron chi connectivity index (χ2n) is 6.23. The zero-order valence-electron chi connectivity index (χ0n) is 16.3. The van der Waals surface area contributed by atoms with Gasteiger partial charge in [0.25, 0.3) is 10.0 Å². The Morgan fingerprint density at radius 3 is 2.61 bits per heavy atom. The highest BCUT2D eigenvalue weighted by Crippen LogP contribution is 2.33. The van der Waals surface area contributed by atoms with Crippen LogP contribution in [0.2, 0.25) is 4.34 Å². The van der Waals surface area contributed by atoms with Gasteiger partial charge in [0.1, 0.15) is 15.2 Å². The van der Waals surface area contributed by atoms with Crippen molar-refractivity contribution in [1.29, 1.82) is 0 Å². The van der Waals surface area contributed by atoms with Crippen LogP contribution in [0.5, 0.6) is 5.75 Å². The minimum Gasteiger partial charge on any atom is -0.497 e. The van der Waals surface area contributed by atoms with E-state index in [1.807, 2.05) is 0 Å². The highest BCUT2D eigenvalue weighted by Gasteiger charge is 2.39. The van der Waals surface area contributed by atoms with Gasteiger partial charge >= 0.3 is 0 Å². The molecule has 1 N–H and O–H groups in total. The van der Waals surface area contributed by atoms with Gasteiger partial charge in [0.05, 0.1) is 11.4 Å². The Morgan fingerprint density at radius 2 is 2.03 bits per heavy atom. The summed E-state index contributed by atoms with van der Waals surface area (Å²) >= 11 is 7.62. The molecule has 3 rings (SSSR count). The number of sulfonamides is 1. The molecule has 1 atom stereocenters. The lowest BCUT2D eigenvalue weighted by Crippen LogP contribution is -2.33. The summed E-state index contributed by atoms with van der Waals surface area (Å²) in [7, 11) is -2.50. The summed E-state index contributed by atoms with van der Waals surface area (Å²) in [6, 6.07) is 9.56. The van der Waals surface area contributed by atoms with Crippen molar-refractivity contribution in [2.75, 3.05) is 19.0 Å². The highest BCUT2D eigenvalue weighted by molar-refractivity contribution is 8.16. The number of carbonyl (C=O) groups is 2. The van der Waals surface area contributed by atoms with Crippen LogP contribution in [-0.4, -0.2) is 49.2 Å². The molecule has 2 aromatic rings. The molecule has 0 saturated carbocycles. The smallest absolute Gasteiger partial charge is 0.294 e. The fourth-order valence-electron chi connectivity index (χ4n) is 2.65. The fourth-order valence-corrected chi connectivity index (χ4v) is 6.47. The number of carbonyl (C=O) groups excluding carboxylic acids is 2. The average molecular weight is 500 g/mol. The van der Waals surface area contributed by atoms with Crippen molar-refractivity contribution in [1.82, 2.24) is 4.90 Å². The number of nitrogens with zero attached hydrogens (tertiary/aromatic N) is 2. The number of amidine groups is 1. The van der Waals surface area contributed by atoms with E-state index in [1.165, 1.54) is 30.2 Å². The Morgan fingerprint density at radius 1 is 1.32 bits per heavy atom. The Balaban J connectivity index is 1.75. The van der Waals surface area contributed by atoms with Crippen LogP contribution in [0, 0.1) is 0 Å². The Labute approximate surface area is 193 Å². The number of amides is 2. The highest BCUT2D eigenvalue weighted by atomic mass is 35.5. The summed E-state index contributed by atoms with van der Waals surface area (Å²) in [5.74, 6) is -0.148. The van der Waals surface area contributed by atoms with E-state index in [0.29, 0.717) is 15.8 Å². The predicted molar refractivity (Wildman–Crippen MR) is 123 cm³/mol. The first-order chi connectivity index (χ1) is 14.7. The summed E-state index contributed by atoms with van der Waals surface area (Å²) < 4.78 is 34.3. The number of rotatable bonds is 8. The molecule has 1 fully saturated rings. The molecule has 8 nitrogen and oxygen atoms in total. The van der Waals surface area contributed by atoms with E-state index in [0.717, 1.165) is 23.1 Å².